The number of fused-ring (bicyclic) bond motifs is 1. The molecule has 0 aliphatic heterocycles. The highest BCUT2D eigenvalue weighted by Gasteiger charge is 2.50. The summed E-state index contributed by atoms with van der Waals surface area (Å²) < 4.78 is 0. The van der Waals surface area contributed by atoms with Crippen LogP contribution in [0.5, 0.6) is 0 Å². The summed E-state index contributed by atoms with van der Waals surface area (Å²) in [6.45, 7) is 6.37. The van der Waals surface area contributed by atoms with E-state index in [1.165, 1.54) is 16.7 Å². The van der Waals surface area contributed by atoms with E-state index in [4.69, 9.17) is 23.2 Å². The first-order valence-electron chi connectivity index (χ1n) is 7.77. The molecule has 1 aliphatic rings. The van der Waals surface area contributed by atoms with E-state index in [1.807, 2.05) is 6.07 Å². The summed E-state index contributed by atoms with van der Waals surface area (Å²) >= 11 is 12.2. The number of aryl methyl sites for hydroxylation is 2. The van der Waals surface area contributed by atoms with Crippen LogP contribution < -0.4 is 0 Å². The van der Waals surface area contributed by atoms with E-state index in [0.717, 1.165) is 24.0 Å². The van der Waals surface area contributed by atoms with Crippen LogP contribution >= 0.6 is 23.2 Å². The Morgan fingerprint density at radius 2 is 1.77 bits per heavy atom. The van der Waals surface area contributed by atoms with Crippen molar-refractivity contribution >= 4 is 23.2 Å². The monoisotopic (exact) mass is 334 g/mol. The van der Waals surface area contributed by atoms with Crippen molar-refractivity contribution in [3.8, 4) is 0 Å². The molecule has 116 valence electrons. The van der Waals surface area contributed by atoms with E-state index >= 15 is 0 Å². The second-order valence-electron chi connectivity index (χ2n) is 6.04. The van der Waals surface area contributed by atoms with E-state index in [-0.39, 0.29) is 5.92 Å². The molecule has 2 aromatic carbocycles. The summed E-state index contributed by atoms with van der Waals surface area (Å²) in [5.41, 5.74) is 4.71. The van der Waals surface area contributed by atoms with Gasteiger partial charge in [0.25, 0.3) is 0 Å². The van der Waals surface area contributed by atoms with Crippen LogP contribution in [0.3, 0.4) is 0 Å². The minimum atomic E-state index is -0.971. The van der Waals surface area contributed by atoms with Crippen LogP contribution in [0.1, 0.15) is 54.5 Å². The van der Waals surface area contributed by atoms with E-state index in [0.29, 0.717) is 10.0 Å². The smallest absolute Gasteiger partial charge is 0.122 e. The molecule has 0 unspecified atom stereocenters. The standard InChI is InChI=1S/C19H20Cl2O/c1-4-12-8-13(5-2)18-15(9-12)11(3)19(18,22)14-6-7-16(20)17(21)10-14/h6-11,22H,4-5H2,1-3H3/t11-,19+/m0/s1. The first-order chi connectivity index (χ1) is 10.4. The Hall–Kier alpha value is -1.02. The number of hydrogen-bond donors (Lipinski definition) is 1. The lowest BCUT2D eigenvalue weighted by molar-refractivity contribution is 0.0263. The normalized spacial score (nSPS) is 23.1. The highest BCUT2D eigenvalue weighted by molar-refractivity contribution is 6.42. The summed E-state index contributed by atoms with van der Waals surface area (Å²) in [4.78, 5) is 0. The Bertz CT molecular complexity index is 721. The summed E-state index contributed by atoms with van der Waals surface area (Å²) in [7, 11) is 0. The number of rotatable bonds is 3. The van der Waals surface area contributed by atoms with Crippen molar-refractivity contribution < 1.29 is 5.11 Å². The first-order valence-corrected chi connectivity index (χ1v) is 8.53. The summed E-state index contributed by atoms with van der Waals surface area (Å²) in [6, 6.07) is 9.86. The van der Waals surface area contributed by atoms with Gasteiger partial charge in [-0.1, -0.05) is 62.2 Å². The molecule has 0 bridgehead atoms. The van der Waals surface area contributed by atoms with Gasteiger partial charge in [-0.25, -0.2) is 0 Å². The van der Waals surface area contributed by atoms with Gasteiger partial charge in [-0.3, -0.25) is 0 Å². The zero-order valence-corrected chi connectivity index (χ0v) is 14.6. The molecule has 1 aliphatic carbocycles. The predicted octanol–water partition coefficient (Wildman–Crippen LogP) is 5.47. The highest BCUT2D eigenvalue weighted by atomic mass is 35.5. The minimum absolute atomic E-state index is 0.0524. The van der Waals surface area contributed by atoms with Gasteiger partial charge in [-0.15, -0.1) is 0 Å². The molecule has 22 heavy (non-hydrogen) atoms. The molecule has 0 amide bonds. The zero-order chi connectivity index (χ0) is 16.1. The molecular weight excluding hydrogens is 315 g/mol. The average Bonchev–Trinajstić information content (AvgIpc) is 2.54. The SMILES string of the molecule is CCc1cc(CC)c2c(c1)[C@H](C)[C@@]2(O)c1ccc(Cl)c(Cl)c1. The molecule has 0 heterocycles. The van der Waals surface area contributed by atoms with Gasteiger partial charge in [-0.2, -0.15) is 0 Å². The van der Waals surface area contributed by atoms with E-state index in [2.05, 4.69) is 32.9 Å². The van der Waals surface area contributed by atoms with Crippen molar-refractivity contribution in [3.05, 3.63) is 68.2 Å². The van der Waals surface area contributed by atoms with Crippen molar-refractivity contribution in [2.24, 2.45) is 0 Å². The van der Waals surface area contributed by atoms with Crippen molar-refractivity contribution in [2.75, 3.05) is 0 Å². The van der Waals surface area contributed by atoms with Crippen LogP contribution in [0.4, 0.5) is 0 Å². The Balaban J connectivity index is 2.19. The highest BCUT2D eigenvalue weighted by Crippen LogP contribution is 2.55. The molecule has 3 rings (SSSR count). The van der Waals surface area contributed by atoms with Gasteiger partial charge in [0, 0.05) is 5.92 Å². The molecule has 0 saturated carbocycles. The number of hydrogen-bond acceptors (Lipinski definition) is 1. The predicted molar refractivity (Wildman–Crippen MR) is 93.1 cm³/mol. The fourth-order valence-electron chi connectivity index (χ4n) is 3.58. The average molecular weight is 335 g/mol. The molecule has 1 N–H and O–H groups in total. The molecule has 0 radical (unpaired) electrons. The number of aliphatic hydroxyl groups is 1. The van der Waals surface area contributed by atoms with Crippen LogP contribution in [-0.2, 0) is 18.4 Å². The van der Waals surface area contributed by atoms with Crippen LogP contribution in [0, 0.1) is 0 Å². The summed E-state index contributed by atoms with van der Waals surface area (Å²) in [5.74, 6) is 0.0524. The van der Waals surface area contributed by atoms with Gasteiger partial charge in [0.2, 0.25) is 0 Å². The van der Waals surface area contributed by atoms with Crippen LogP contribution in [0.2, 0.25) is 10.0 Å². The lowest BCUT2D eigenvalue weighted by atomic mass is 9.60. The van der Waals surface area contributed by atoms with Gasteiger partial charge in [0.15, 0.2) is 0 Å². The van der Waals surface area contributed by atoms with Crippen LogP contribution in [0.25, 0.3) is 0 Å². The van der Waals surface area contributed by atoms with Crippen LogP contribution in [-0.4, -0.2) is 5.11 Å². The first kappa shape index (κ1) is 15.9. The van der Waals surface area contributed by atoms with Crippen molar-refractivity contribution in [1.29, 1.82) is 0 Å². The number of benzene rings is 2. The number of halogens is 2. The third-order valence-corrected chi connectivity index (χ3v) is 5.67. The van der Waals surface area contributed by atoms with Crippen molar-refractivity contribution in [2.45, 2.75) is 45.1 Å². The maximum Gasteiger partial charge on any atom is 0.122 e. The summed E-state index contributed by atoms with van der Waals surface area (Å²) in [5, 5.41) is 12.4. The topological polar surface area (TPSA) is 20.2 Å². The minimum Gasteiger partial charge on any atom is -0.380 e. The molecule has 2 aromatic rings. The van der Waals surface area contributed by atoms with Gasteiger partial charge in [0.05, 0.1) is 10.0 Å². The Morgan fingerprint density at radius 1 is 1.05 bits per heavy atom. The second kappa shape index (κ2) is 5.56. The Labute approximate surface area is 141 Å². The Morgan fingerprint density at radius 3 is 2.36 bits per heavy atom. The molecule has 3 heteroatoms. The summed E-state index contributed by atoms with van der Waals surface area (Å²) in [6.07, 6.45) is 1.92. The lowest BCUT2D eigenvalue weighted by Crippen LogP contribution is -2.44. The largest absolute Gasteiger partial charge is 0.380 e. The quantitative estimate of drug-likeness (QED) is 0.788. The fraction of sp³-hybridized carbons (Fsp3) is 0.368. The third-order valence-electron chi connectivity index (χ3n) is 4.93. The van der Waals surface area contributed by atoms with E-state index in [9.17, 15) is 5.11 Å². The van der Waals surface area contributed by atoms with Gasteiger partial charge in [0.1, 0.15) is 5.60 Å². The molecule has 0 fully saturated rings. The van der Waals surface area contributed by atoms with Gasteiger partial charge < -0.3 is 5.11 Å². The van der Waals surface area contributed by atoms with E-state index in [1.54, 1.807) is 12.1 Å². The molecule has 0 saturated heterocycles. The molecule has 0 spiro atoms. The molecule has 0 aromatic heterocycles. The van der Waals surface area contributed by atoms with Crippen LogP contribution in [0.15, 0.2) is 30.3 Å². The second-order valence-corrected chi connectivity index (χ2v) is 6.86. The zero-order valence-electron chi connectivity index (χ0n) is 13.1. The van der Waals surface area contributed by atoms with Gasteiger partial charge >= 0.3 is 0 Å². The molecule has 1 nitrogen and oxygen atoms in total. The third kappa shape index (κ3) is 2.11. The molecular formula is C19H20Cl2O. The van der Waals surface area contributed by atoms with Crippen molar-refractivity contribution in [3.63, 3.8) is 0 Å². The molecule has 2 atom stereocenters. The van der Waals surface area contributed by atoms with E-state index < -0.39 is 5.60 Å². The lowest BCUT2D eigenvalue weighted by Gasteiger charge is -2.48. The fourth-order valence-corrected chi connectivity index (χ4v) is 3.87. The van der Waals surface area contributed by atoms with Gasteiger partial charge in [-0.05, 0) is 52.8 Å². The maximum atomic E-state index is 11.4. The van der Waals surface area contributed by atoms with Crippen molar-refractivity contribution in [1.82, 2.24) is 0 Å². The maximum absolute atomic E-state index is 11.4. The Kier molecular flexibility index (Phi) is 4.01.